The number of carbonyl (C=O) groups is 1. The van der Waals surface area contributed by atoms with E-state index in [1.54, 1.807) is 6.07 Å². The third kappa shape index (κ3) is 5.05. The van der Waals surface area contributed by atoms with Gasteiger partial charge in [-0.2, -0.15) is 0 Å². The largest absolute Gasteiger partial charge is 0.489 e. The van der Waals surface area contributed by atoms with Gasteiger partial charge in [0.05, 0.1) is 5.52 Å². The Morgan fingerprint density at radius 2 is 1.94 bits per heavy atom. The fraction of sp³-hybridized carbons (Fsp3) is 0.423. The second-order valence-electron chi connectivity index (χ2n) is 9.26. The van der Waals surface area contributed by atoms with Crippen LogP contribution >= 0.6 is 12.4 Å². The highest BCUT2D eigenvalue weighted by molar-refractivity contribution is 5.95. The van der Waals surface area contributed by atoms with E-state index in [9.17, 15) is 13.6 Å². The maximum absolute atomic E-state index is 14.3. The Balaban J connectivity index is 0.00000274. The van der Waals surface area contributed by atoms with Gasteiger partial charge in [0.15, 0.2) is 11.6 Å². The number of unbranched alkanes of at least 4 members (excludes halogenated alkanes) is 1. The van der Waals surface area contributed by atoms with Crippen LogP contribution in [0.5, 0.6) is 5.75 Å². The van der Waals surface area contributed by atoms with Crippen LogP contribution in [-0.2, 0) is 13.0 Å². The van der Waals surface area contributed by atoms with Crippen LogP contribution < -0.4 is 10.5 Å². The summed E-state index contributed by atoms with van der Waals surface area (Å²) in [5, 5.41) is 0.656. The third-order valence-corrected chi connectivity index (χ3v) is 6.90. The average molecular weight is 490 g/mol. The Morgan fingerprint density at radius 1 is 1.12 bits per heavy atom. The lowest BCUT2D eigenvalue weighted by atomic mass is 9.95. The minimum atomic E-state index is -0.556. The van der Waals surface area contributed by atoms with Gasteiger partial charge in [-0.15, -0.1) is 12.4 Å². The lowest BCUT2D eigenvalue weighted by molar-refractivity contribution is 0.0979. The lowest BCUT2D eigenvalue weighted by Gasteiger charge is -2.36. The highest BCUT2D eigenvalue weighted by Gasteiger charge is 2.33. The number of ether oxygens (including phenoxy) is 1. The monoisotopic (exact) mass is 489 g/mol. The average Bonchev–Trinajstić information content (AvgIpc) is 3.53. The number of nitrogens with zero attached hydrogens (tertiary/aromatic N) is 2. The van der Waals surface area contributed by atoms with Crippen LogP contribution in [0.1, 0.15) is 41.6 Å². The fourth-order valence-corrected chi connectivity index (χ4v) is 4.93. The minimum Gasteiger partial charge on any atom is -0.489 e. The number of hydrogen-bond acceptors (Lipinski definition) is 3. The van der Waals surface area contributed by atoms with E-state index in [1.165, 1.54) is 31.0 Å². The van der Waals surface area contributed by atoms with Gasteiger partial charge in [0.2, 0.25) is 5.91 Å². The Labute approximate surface area is 204 Å². The number of aromatic nitrogens is 1. The van der Waals surface area contributed by atoms with Crippen molar-refractivity contribution in [2.45, 2.75) is 44.7 Å². The molecule has 0 spiro atoms. The topological polar surface area (TPSA) is 60.5 Å². The molecule has 1 aliphatic heterocycles. The molecule has 34 heavy (non-hydrogen) atoms. The van der Waals surface area contributed by atoms with Crippen molar-refractivity contribution in [3.05, 3.63) is 65.4 Å². The second-order valence-corrected chi connectivity index (χ2v) is 9.26. The van der Waals surface area contributed by atoms with Crippen molar-refractivity contribution < 1.29 is 18.3 Å². The molecule has 1 aliphatic carbocycles. The highest BCUT2D eigenvalue weighted by atomic mass is 35.5. The van der Waals surface area contributed by atoms with Gasteiger partial charge in [-0.1, -0.05) is 6.07 Å². The number of carbonyl (C=O) groups excluding carboxylic acids is 1. The summed E-state index contributed by atoms with van der Waals surface area (Å²) >= 11 is 0. The number of amides is 1. The van der Waals surface area contributed by atoms with Gasteiger partial charge in [0, 0.05) is 41.8 Å². The zero-order valence-electron chi connectivity index (χ0n) is 19.0. The molecule has 0 bridgehead atoms. The van der Waals surface area contributed by atoms with Gasteiger partial charge in [0.1, 0.15) is 12.4 Å². The molecule has 1 saturated carbocycles. The van der Waals surface area contributed by atoms with Crippen molar-refractivity contribution in [3.63, 3.8) is 0 Å². The molecule has 2 aromatic carbocycles. The van der Waals surface area contributed by atoms with E-state index >= 15 is 0 Å². The van der Waals surface area contributed by atoms with Crippen LogP contribution in [0.15, 0.2) is 42.6 Å². The van der Waals surface area contributed by atoms with E-state index in [2.05, 4.69) is 9.47 Å². The van der Waals surface area contributed by atoms with Crippen molar-refractivity contribution in [2.75, 3.05) is 19.7 Å². The van der Waals surface area contributed by atoms with Gasteiger partial charge >= 0.3 is 0 Å². The SMILES string of the molecule is Cl.NC(=O)c1ccc(F)c2c1CC(N(CCCCn1ccc3c(F)cccc31)CC1CC1)CO2. The summed E-state index contributed by atoms with van der Waals surface area (Å²) in [6.07, 6.45) is 6.93. The zero-order chi connectivity index (χ0) is 22.9. The minimum absolute atomic E-state index is 0. The molecule has 1 fully saturated rings. The Hall–Kier alpha value is -2.64. The van der Waals surface area contributed by atoms with Gasteiger partial charge in [-0.25, -0.2) is 8.78 Å². The van der Waals surface area contributed by atoms with E-state index in [1.807, 2.05) is 18.3 Å². The summed E-state index contributed by atoms with van der Waals surface area (Å²) in [5.74, 6) is -0.324. The first-order valence-electron chi connectivity index (χ1n) is 11.7. The lowest BCUT2D eigenvalue weighted by Crippen LogP contribution is -2.45. The number of primary amides is 1. The molecule has 5 nitrogen and oxygen atoms in total. The summed E-state index contributed by atoms with van der Waals surface area (Å²) < 4.78 is 36.1. The molecule has 182 valence electrons. The summed E-state index contributed by atoms with van der Waals surface area (Å²) in [6, 6.07) is 9.80. The highest BCUT2D eigenvalue weighted by Crippen LogP contribution is 2.35. The molecule has 8 heteroatoms. The molecule has 1 atom stereocenters. The first-order valence-corrected chi connectivity index (χ1v) is 11.7. The molecule has 0 saturated heterocycles. The van der Waals surface area contributed by atoms with Gasteiger partial charge < -0.3 is 15.0 Å². The number of benzene rings is 2. The van der Waals surface area contributed by atoms with Crippen molar-refractivity contribution in [1.82, 2.24) is 9.47 Å². The summed E-state index contributed by atoms with van der Waals surface area (Å²) in [7, 11) is 0. The first-order chi connectivity index (χ1) is 16.0. The van der Waals surface area contributed by atoms with Crippen molar-refractivity contribution >= 4 is 29.2 Å². The summed E-state index contributed by atoms with van der Waals surface area (Å²) in [5.41, 5.74) is 7.38. The zero-order valence-corrected chi connectivity index (χ0v) is 19.8. The van der Waals surface area contributed by atoms with Crippen LogP contribution in [-0.4, -0.2) is 41.1 Å². The summed E-state index contributed by atoms with van der Waals surface area (Å²) in [4.78, 5) is 14.3. The molecule has 1 aromatic heterocycles. The quantitative estimate of drug-likeness (QED) is 0.433. The maximum atomic E-state index is 14.3. The number of aryl methyl sites for hydroxylation is 1. The van der Waals surface area contributed by atoms with Crippen molar-refractivity contribution in [1.29, 1.82) is 0 Å². The van der Waals surface area contributed by atoms with E-state index in [0.29, 0.717) is 35.5 Å². The van der Waals surface area contributed by atoms with Crippen LogP contribution in [0.25, 0.3) is 10.9 Å². The predicted octanol–water partition coefficient (Wildman–Crippen LogP) is 4.94. The van der Waals surface area contributed by atoms with Gasteiger partial charge in [0.25, 0.3) is 0 Å². The molecular formula is C26H30ClF2N3O2. The van der Waals surface area contributed by atoms with Crippen LogP contribution in [0, 0.1) is 17.6 Å². The smallest absolute Gasteiger partial charge is 0.249 e. The molecule has 2 N–H and O–H groups in total. The number of nitrogens with two attached hydrogens (primary N) is 1. The number of halogens is 3. The van der Waals surface area contributed by atoms with Gasteiger partial charge in [-0.05, 0) is 74.9 Å². The Kier molecular flexibility index (Phi) is 7.43. The molecular weight excluding hydrogens is 460 g/mol. The predicted molar refractivity (Wildman–Crippen MR) is 131 cm³/mol. The maximum Gasteiger partial charge on any atom is 0.249 e. The van der Waals surface area contributed by atoms with E-state index < -0.39 is 11.7 Å². The molecule has 3 aromatic rings. The molecule has 2 heterocycles. The van der Waals surface area contributed by atoms with Crippen molar-refractivity contribution in [2.24, 2.45) is 11.7 Å². The number of fused-ring (bicyclic) bond motifs is 2. The molecule has 2 aliphatic rings. The van der Waals surface area contributed by atoms with Crippen LogP contribution in [0.4, 0.5) is 8.78 Å². The summed E-state index contributed by atoms with van der Waals surface area (Å²) in [6.45, 7) is 3.11. The molecule has 0 radical (unpaired) electrons. The third-order valence-electron chi connectivity index (χ3n) is 6.90. The number of hydrogen-bond donors (Lipinski definition) is 1. The number of rotatable bonds is 9. The van der Waals surface area contributed by atoms with E-state index in [-0.39, 0.29) is 30.0 Å². The van der Waals surface area contributed by atoms with Crippen LogP contribution in [0.2, 0.25) is 0 Å². The molecule has 1 unspecified atom stereocenters. The van der Waals surface area contributed by atoms with Crippen molar-refractivity contribution in [3.8, 4) is 5.75 Å². The standard InChI is InChI=1S/C26H29F2N3O2.ClH/c27-22-4-3-5-24-20(22)10-13-30(24)11-1-2-12-31(15-17-6-7-17)18-14-21-19(26(29)32)8-9-23(28)25(21)33-16-18;/h3-5,8-10,13,17-18H,1-2,6-7,11-12,14-16H2,(H2,29,32);1H. The first kappa shape index (κ1) is 24.5. The second kappa shape index (κ2) is 10.3. The van der Waals surface area contributed by atoms with E-state index in [0.717, 1.165) is 38.0 Å². The van der Waals surface area contributed by atoms with Gasteiger partial charge in [-0.3, -0.25) is 9.69 Å². The Bertz CT molecular complexity index is 1180. The fourth-order valence-electron chi connectivity index (χ4n) is 4.93. The van der Waals surface area contributed by atoms with E-state index in [4.69, 9.17) is 10.5 Å². The molecule has 1 amide bonds. The normalized spacial score (nSPS) is 17.3. The molecule has 5 rings (SSSR count). The Morgan fingerprint density at radius 3 is 2.71 bits per heavy atom. The van der Waals surface area contributed by atoms with Crippen LogP contribution in [0.3, 0.4) is 0 Å².